The van der Waals surface area contributed by atoms with Crippen molar-refractivity contribution < 1.29 is 47.7 Å². The maximum atomic E-state index is 13.1. The lowest BCUT2D eigenvalue weighted by molar-refractivity contribution is -0.141. The molecule has 0 heterocycles. The Morgan fingerprint density at radius 1 is 0.545 bits per heavy atom. The van der Waals surface area contributed by atoms with Gasteiger partial charge in [-0.25, -0.2) is 0 Å². The molecule has 2 aromatic carbocycles. The molecule has 0 N–H and O–H groups in total. The number of carbonyl (C=O) groups is 6. The van der Waals surface area contributed by atoms with Crippen molar-refractivity contribution in [2.45, 2.75) is 92.4 Å². The third-order valence-corrected chi connectivity index (χ3v) is 7.04. The van der Waals surface area contributed by atoms with Crippen molar-refractivity contribution in [2.75, 3.05) is 0 Å². The molecule has 44 heavy (non-hydrogen) atoms. The van der Waals surface area contributed by atoms with Crippen LogP contribution in [-0.2, 0) is 41.9 Å². The van der Waals surface area contributed by atoms with E-state index in [0.717, 1.165) is 12.8 Å². The molecule has 2 aromatic rings. The van der Waals surface area contributed by atoms with Crippen LogP contribution in [0.1, 0.15) is 78.4 Å². The van der Waals surface area contributed by atoms with E-state index in [0.29, 0.717) is 24.0 Å². The molecule has 3 rings (SSSR count). The first kappa shape index (κ1) is 33.8. The van der Waals surface area contributed by atoms with Gasteiger partial charge in [0.25, 0.3) is 0 Å². The molecule has 2 amide bonds. The first-order chi connectivity index (χ1) is 20.7. The van der Waals surface area contributed by atoms with Crippen LogP contribution in [0.5, 0.6) is 23.0 Å². The standard InChI is InChI=1S/C32H38N2O10/c1-19(35)33(17-25-11-13-29(41-21(3)37)31(15-25)43-23(5)39)27-9-7-8-10-28(27)34(20(2)36)18-26-12-14-30(42-22(4)38)32(16-26)44-24(6)40/h11-16,27-28H,7-10,17-18H2,1-6H3. The number of rotatable bonds is 10. The Balaban J connectivity index is 1.93. The van der Waals surface area contributed by atoms with Gasteiger partial charge < -0.3 is 28.7 Å². The summed E-state index contributed by atoms with van der Waals surface area (Å²) in [5.41, 5.74) is 1.27. The highest BCUT2D eigenvalue weighted by Crippen LogP contribution is 2.34. The minimum absolute atomic E-state index is 0.0556. The van der Waals surface area contributed by atoms with E-state index in [9.17, 15) is 28.8 Å². The average molecular weight is 611 g/mol. The van der Waals surface area contributed by atoms with Crippen molar-refractivity contribution in [3.63, 3.8) is 0 Å². The maximum absolute atomic E-state index is 13.1. The van der Waals surface area contributed by atoms with E-state index in [1.165, 1.54) is 53.7 Å². The fraction of sp³-hybridized carbons (Fsp3) is 0.438. The lowest BCUT2D eigenvalue weighted by atomic mass is 9.87. The maximum Gasteiger partial charge on any atom is 0.308 e. The van der Waals surface area contributed by atoms with Crippen molar-refractivity contribution in [1.29, 1.82) is 0 Å². The molecule has 0 spiro atoms. The molecule has 12 nitrogen and oxygen atoms in total. The van der Waals surface area contributed by atoms with Gasteiger partial charge in [-0.2, -0.15) is 0 Å². The van der Waals surface area contributed by atoms with E-state index in [1.54, 1.807) is 34.1 Å². The summed E-state index contributed by atoms with van der Waals surface area (Å²) in [5.74, 6) is -2.48. The number of amides is 2. The first-order valence-electron chi connectivity index (χ1n) is 14.3. The molecular formula is C32H38N2O10. The van der Waals surface area contributed by atoms with E-state index >= 15 is 0 Å². The molecule has 12 heteroatoms. The van der Waals surface area contributed by atoms with E-state index in [2.05, 4.69) is 0 Å². The van der Waals surface area contributed by atoms with E-state index in [1.807, 2.05) is 0 Å². The number of benzene rings is 2. The summed E-state index contributed by atoms with van der Waals surface area (Å²) >= 11 is 0. The number of esters is 4. The molecule has 236 valence electrons. The molecule has 0 aliphatic heterocycles. The number of ether oxygens (including phenoxy) is 4. The summed E-state index contributed by atoms with van der Waals surface area (Å²) in [6, 6.07) is 8.83. The molecule has 2 atom stereocenters. The first-order valence-corrected chi connectivity index (χ1v) is 14.3. The normalized spacial score (nSPS) is 15.9. The minimum Gasteiger partial charge on any atom is -0.423 e. The monoisotopic (exact) mass is 610 g/mol. The van der Waals surface area contributed by atoms with Crippen LogP contribution in [0.15, 0.2) is 36.4 Å². The number of hydrogen-bond acceptors (Lipinski definition) is 10. The third kappa shape index (κ3) is 9.38. The van der Waals surface area contributed by atoms with Gasteiger partial charge in [-0.3, -0.25) is 28.8 Å². The number of hydrogen-bond donors (Lipinski definition) is 0. The minimum atomic E-state index is -0.596. The second-order valence-corrected chi connectivity index (χ2v) is 10.6. The Labute approximate surface area is 256 Å². The topological polar surface area (TPSA) is 146 Å². The van der Waals surface area contributed by atoms with Gasteiger partial charge in [0.1, 0.15) is 0 Å². The summed E-state index contributed by atoms with van der Waals surface area (Å²) in [4.78, 5) is 76.0. The van der Waals surface area contributed by atoms with E-state index in [4.69, 9.17) is 18.9 Å². The number of nitrogens with zero attached hydrogens (tertiary/aromatic N) is 2. The summed E-state index contributed by atoms with van der Waals surface area (Å²) in [5, 5.41) is 0. The zero-order valence-corrected chi connectivity index (χ0v) is 25.8. The molecule has 0 saturated heterocycles. The highest BCUT2D eigenvalue weighted by Gasteiger charge is 2.37. The Kier molecular flexibility index (Phi) is 11.6. The fourth-order valence-corrected chi connectivity index (χ4v) is 5.39. The van der Waals surface area contributed by atoms with Crippen LogP contribution in [0.4, 0.5) is 0 Å². The predicted molar refractivity (Wildman–Crippen MR) is 157 cm³/mol. The summed E-state index contributed by atoms with van der Waals surface area (Å²) in [6.07, 6.45) is 3.02. The quantitative estimate of drug-likeness (QED) is 0.285. The molecule has 1 aliphatic carbocycles. The summed E-state index contributed by atoms with van der Waals surface area (Å²) < 4.78 is 20.9. The van der Waals surface area contributed by atoms with Gasteiger partial charge in [0.05, 0.1) is 12.1 Å². The molecule has 0 radical (unpaired) electrons. The van der Waals surface area contributed by atoms with Crippen LogP contribution in [0, 0.1) is 0 Å². The second-order valence-electron chi connectivity index (χ2n) is 10.6. The third-order valence-electron chi connectivity index (χ3n) is 7.04. The SMILES string of the molecule is CC(=O)Oc1ccc(CN(C(C)=O)C2CCCCC2N(Cc2ccc(OC(C)=O)c(OC(C)=O)c2)C(C)=O)cc1OC(C)=O. The molecule has 1 saturated carbocycles. The molecular weight excluding hydrogens is 572 g/mol. The van der Waals surface area contributed by atoms with E-state index in [-0.39, 0.29) is 60.0 Å². The Morgan fingerprint density at radius 2 is 0.864 bits per heavy atom. The predicted octanol–water partition coefficient (Wildman–Crippen LogP) is 4.10. The fourth-order valence-electron chi connectivity index (χ4n) is 5.39. The van der Waals surface area contributed by atoms with Crippen molar-refractivity contribution >= 4 is 35.7 Å². The van der Waals surface area contributed by atoms with Gasteiger partial charge in [-0.05, 0) is 48.2 Å². The van der Waals surface area contributed by atoms with Crippen LogP contribution in [-0.4, -0.2) is 57.6 Å². The van der Waals surface area contributed by atoms with Gasteiger partial charge in [0.15, 0.2) is 23.0 Å². The highest BCUT2D eigenvalue weighted by molar-refractivity contribution is 5.77. The van der Waals surface area contributed by atoms with Crippen LogP contribution >= 0.6 is 0 Å². The largest absolute Gasteiger partial charge is 0.423 e. The lowest BCUT2D eigenvalue weighted by Crippen LogP contribution is -2.55. The molecule has 0 aromatic heterocycles. The molecule has 1 aliphatic rings. The van der Waals surface area contributed by atoms with E-state index < -0.39 is 23.9 Å². The van der Waals surface area contributed by atoms with Crippen molar-refractivity contribution in [1.82, 2.24) is 9.80 Å². The van der Waals surface area contributed by atoms with Crippen LogP contribution in [0.3, 0.4) is 0 Å². The Bertz CT molecular complexity index is 1330. The van der Waals surface area contributed by atoms with Gasteiger partial charge in [-0.1, -0.05) is 25.0 Å². The van der Waals surface area contributed by atoms with Crippen molar-refractivity contribution in [3.8, 4) is 23.0 Å². The zero-order chi connectivity index (χ0) is 32.6. The average Bonchev–Trinajstić information content (AvgIpc) is 2.91. The Morgan fingerprint density at radius 3 is 1.16 bits per heavy atom. The molecule has 1 fully saturated rings. The lowest BCUT2D eigenvalue weighted by Gasteiger charge is -2.44. The Hall–Kier alpha value is -4.74. The van der Waals surface area contributed by atoms with Crippen LogP contribution in [0.2, 0.25) is 0 Å². The van der Waals surface area contributed by atoms with Crippen LogP contribution in [0.25, 0.3) is 0 Å². The number of carbonyl (C=O) groups excluding carboxylic acids is 6. The van der Waals surface area contributed by atoms with Crippen LogP contribution < -0.4 is 18.9 Å². The van der Waals surface area contributed by atoms with Gasteiger partial charge >= 0.3 is 23.9 Å². The van der Waals surface area contributed by atoms with Gasteiger partial charge in [-0.15, -0.1) is 0 Å². The molecule has 2 unspecified atom stereocenters. The second kappa shape index (κ2) is 15.1. The summed E-state index contributed by atoms with van der Waals surface area (Å²) in [6.45, 7) is 8.17. The van der Waals surface area contributed by atoms with Crippen molar-refractivity contribution in [3.05, 3.63) is 47.5 Å². The summed E-state index contributed by atoms with van der Waals surface area (Å²) in [7, 11) is 0. The smallest absolute Gasteiger partial charge is 0.308 e. The highest BCUT2D eigenvalue weighted by atomic mass is 16.6. The van der Waals surface area contributed by atoms with Gasteiger partial charge in [0, 0.05) is 54.6 Å². The van der Waals surface area contributed by atoms with Crippen molar-refractivity contribution in [2.24, 2.45) is 0 Å². The van der Waals surface area contributed by atoms with Gasteiger partial charge in [0.2, 0.25) is 11.8 Å². The molecule has 0 bridgehead atoms. The zero-order valence-electron chi connectivity index (χ0n) is 25.8.